The average Bonchev–Trinajstić information content (AvgIpc) is 3.33. The van der Waals surface area contributed by atoms with Crippen LogP contribution in [0.25, 0.3) is 0 Å². The summed E-state index contributed by atoms with van der Waals surface area (Å²) >= 11 is 1.70. The molecular weight excluding hydrogens is 542 g/mol. The number of thioether (sulfide) groups is 1. The topological polar surface area (TPSA) is 78.7 Å². The Morgan fingerprint density at radius 2 is 1.81 bits per heavy atom. The molecule has 0 bridgehead atoms. The maximum Gasteiger partial charge on any atom is 0.291 e. The van der Waals surface area contributed by atoms with Crippen molar-refractivity contribution in [3.05, 3.63) is 84.1 Å². The number of nitrogens with one attached hydrogen (secondary N) is 3. The quantitative estimate of drug-likeness (QED) is 0.110. The Bertz CT molecular complexity index is 980. The fourth-order valence-corrected chi connectivity index (χ4v) is 3.57. The van der Waals surface area contributed by atoms with E-state index in [0.29, 0.717) is 12.2 Å². The van der Waals surface area contributed by atoms with Gasteiger partial charge in [0.25, 0.3) is 5.91 Å². The summed E-state index contributed by atoms with van der Waals surface area (Å²) in [5.74, 6) is 1.44. The molecule has 0 radical (unpaired) electrons. The smallest absolute Gasteiger partial charge is 0.291 e. The number of hydrogen-bond acceptors (Lipinski definition) is 4. The van der Waals surface area contributed by atoms with E-state index >= 15 is 0 Å². The fraction of sp³-hybridized carbons (Fsp3) is 0.217. The number of carbonyl (C=O) groups is 1. The van der Waals surface area contributed by atoms with Gasteiger partial charge in [0.15, 0.2) is 11.7 Å². The van der Waals surface area contributed by atoms with Gasteiger partial charge in [-0.1, -0.05) is 12.1 Å². The number of rotatable bonds is 9. The zero-order chi connectivity index (χ0) is 21.9. The SMILES string of the molecule is CN=C(NCCCSc1ccc(F)cc1)NCc1ccc(NC(=O)c2ccco2)cc1.I. The summed E-state index contributed by atoms with van der Waals surface area (Å²) in [6, 6.07) is 17.4. The summed E-state index contributed by atoms with van der Waals surface area (Å²) in [6.45, 7) is 1.39. The molecule has 3 N–H and O–H groups in total. The lowest BCUT2D eigenvalue weighted by Crippen LogP contribution is -2.37. The zero-order valence-corrected chi connectivity index (χ0v) is 20.8. The summed E-state index contributed by atoms with van der Waals surface area (Å²) in [5, 5.41) is 9.35. The summed E-state index contributed by atoms with van der Waals surface area (Å²) in [7, 11) is 1.73. The van der Waals surface area contributed by atoms with Crippen molar-refractivity contribution in [2.45, 2.75) is 17.9 Å². The lowest BCUT2D eigenvalue weighted by Gasteiger charge is -2.12. The van der Waals surface area contributed by atoms with Crippen LogP contribution in [0.15, 0.2) is 81.2 Å². The predicted molar refractivity (Wildman–Crippen MR) is 138 cm³/mol. The first-order valence-electron chi connectivity index (χ1n) is 9.91. The van der Waals surface area contributed by atoms with E-state index in [1.807, 2.05) is 24.3 Å². The lowest BCUT2D eigenvalue weighted by atomic mass is 10.2. The highest BCUT2D eigenvalue weighted by Crippen LogP contribution is 2.18. The van der Waals surface area contributed by atoms with Crippen LogP contribution < -0.4 is 16.0 Å². The van der Waals surface area contributed by atoms with Crippen LogP contribution in [-0.2, 0) is 6.54 Å². The number of nitrogens with zero attached hydrogens (tertiary/aromatic N) is 1. The summed E-state index contributed by atoms with van der Waals surface area (Å²) in [4.78, 5) is 17.3. The van der Waals surface area contributed by atoms with Crippen molar-refractivity contribution in [1.82, 2.24) is 10.6 Å². The molecule has 1 heterocycles. The second kappa shape index (κ2) is 13.8. The molecule has 0 saturated heterocycles. The van der Waals surface area contributed by atoms with Gasteiger partial charge in [0.2, 0.25) is 0 Å². The number of anilines is 1. The molecule has 0 aliphatic heterocycles. The second-order valence-electron chi connectivity index (χ2n) is 6.64. The number of furan rings is 1. The van der Waals surface area contributed by atoms with Crippen molar-refractivity contribution in [3.8, 4) is 0 Å². The highest BCUT2D eigenvalue weighted by atomic mass is 127. The van der Waals surface area contributed by atoms with Gasteiger partial charge >= 0.3 is 0 Å². The van der Waals surface area contributed by atoms with E-state index in [1.165, 1.54) is 18.4 Å². The lowest BCUT2D eigenvalue weighted by molar-refractivity contribution is 0.0996. The number of benzene rings is 2. The maximum absolute atomic E-state index is 12.9. The standard InChI is InChI=1S/C23H25FN4O2S.HI/c1-25-23(26-13-3-15-31-20-11-7-18(24)8-12-20)27-16-17-5-9-19(10-6-17)28-22(29)21-4-2-14-30-21;/h2,4-12,14H,3,13,15-16H2,1H3,(H,28,29)(H2,25,26,27);1H. The number of guanidine groups is 1. The van der Waals surface area contributed by atoms with Crippen LogP contribution >= 0.6 is 35.7 Å². The van der Waals surface area contributed by atoms with Gasteiger partial charge in [0.05, 0.1) is 6.26 Å². The molecule has 170 valence electrons. The Labute approximate surface area is 208 Å². The van der Waals surface area contributed by atoms with Gasteiger partial charge in [-0.25, -0.2) is 4.39 Å². The van der Waals surface area contributed by atoms with E-state index in [1.54, 1.807) is 43.1 Å². The minimum absolute atomic E-state index is 0. The van der Waals surface area contributed by atoms with E-state index in [2.05, 4.69) is 20.9 Å². The number of amides is 1. The number of halogens is 2. The third kappa shape index (κ3) is 8.54. The minimum atomic E-state index is -0.280. The first kappa shape index (κ1) is 25.7. The first-order valence-corrected chi connectivity index (χ1v) is 10.9. The highest BCUT2D eigenvalue weighted by Gasteiger charge is 2.08. The molecule has 0 aliphatic rings. The molecule has 9 heteroatoms. The summed E-state index contributed by atoms with van der Waals surface area (Å²) < 4.78 is 18.0. The van der Waals surface area contributed by atoms with Gasteiger partial charge in [-0.2, -0.15) is 0 Å². The first-order chi connectivity index (χ1) is 15.1. The van der Waals surface area contributed by atoms with Gasteiger partial charge in [-0.3, -0.25) is 9.79 Å². The zero-order valence-electron chi connectivity index (χ0n) is 17.6. The predicted octanol–water partition coefficient (Wildman–Crippen LogP) is 5.14. The van der Waals surface area contributed by atoms with Crippen LogP contribution in [0.3, 0.4) is 0 Å². The van der Waals surface area contributed by atoms with Crippen molar-refractivity contribution in [1.29, 1.82) is 0 Å². The Morgan fingerprint density at radius 3 is 2.47 bits per heavy atom. The summed E-state index contributed by atoms with van der Waals surface area (Å²) in [5.41, 5.74) is 1.76. The fourth-order valence-electron chi connectivity index (χ4n) is 2.71. The van der Waals surface area contributed by atoms with Gasteiger partial charge in [-0.15, -0.1) is 35.7 Å². The van der Waals surface area contributed by atoms with Gasteiger partial charge in [0.1, 0.15) is 5.82 Å². The van der Waals surface area contributed by atoms with Gasteiger partial charge in [0, 0.05) is 30.7 Å². The van der Waals surface area contributed by atoms with E-state index in [-0.39, 0.29) is 41.5 Å². The highest BCUT2D eigenvalue weighted by molar-refractivity contribution is 14.0. The van der Waals surface area contributed by atoms with Crippen LogP contribution in [0.2, 0.25) is 0 Å². The molecule has 0 aliphatic carbocycles. The van der Waals surface area contributed by atoms with Crippen molar-refractivity contribution in [2.24, 2.45) is 4.99 Å². The monoisotopic (exact) mass is 568 g/mol. The second-order valence-corrected chi connectivity index (χ2v) is 7.81. The van der Waals surface area contributed by atoms with Crippen molar-refractivity contribution in [2.75, 3.05) is 24.7 Å². The molecule has 0 saturated carbocycles. The van der Waals surface area contributed by atoms with Gasteiger partial charge in [-0.05, 0) is 66.3 Å². The molecule has 6 nitrogen and oxygen atoms in total. The third-order valence-corrected chi connectivity index (χ3v) is 5.43. The van der Waals surface area contributed by atoms with E-state index in [9.17, 15) is 9.18 Å². The molecule has 3 rings (SSSR count). The van der Waals surface area contributed by atoms with Crippen molar-refractivity contribution < 1.29 is 13.6 Å². The molecule has 0 fully saturated rings. The maximum atomic E-state index is 12.9. The number of carbonyl (C=O) groups excluding carboxylic acids is 1. The molecule has 32 heavy (non-hydrogen) atoms. The molecule has 3 aromatic rings. The van der Waals surface area contributed by atoms with Crippen molar-refractivity contribution >= 4 is 53.3 Å². The third-order valence-electron chi connectivity index (χ3n) is 4.34. The van der Waals surface area contributed by atoms with E-state index in [4.69, 9.17) is 4.42 Å². The average molecular weight is 568 g/mol. The molecule has 1 amide bonds. The van der Waals surface area contributed by atoms with Crippen LogP contribution in [-0.4, -0.2) is 31.2 Å². The molecule has 0 unspecified atom stereocenters. The minimum Gasteiger partial charge on any atom is -0.459 e. The van der Waals surface area contributed by atoms with E-state index in [0.717, 1.165) is 35.1 Å². The normalized spacial score (nSPS) is 10.9. The molecule has 0 atom stereocenters. The molecular formula is C23H26FIN4O2S. The Balaban J connectivity index is 0.00000363. The molecule has 2 aromatic carbocycles. The number of aliphatic imine (C=N–C) groups is 1. The van der Waals surface area contributed by atoms with Crippen LogP contribution in [0, 0.1) is 5.82 Å². The van der Waals surface area contributed by atoms with Crippen LogP contribution in [0.1, 0.15) is 22.5 Å². The van der Waals surface area contributed by atoms with Crippen LogP contribution in [0.5, 0.6) is 0 Å². The largest absolute Gasteiger partial charge is 0.459 e. The summed E-state index contributed by atoms with van der Waals surface area (Å²) in [6.07, 6.45) is 2.42. The Kier molecular flexibility index (Phi) is 11.1. The molecule has 0 spiro atoms. The van der Waals surface area contributed by atoms with Gasteiger partial charge < -0.3 is 20.4 Å². The Morgan fingerprint density at radius 1 is 1.06 bits per heavy atom. The van der Waals surface area contributed by atoms with Crippen molar-refractivity contribution in [3.63, 3.8) is 0 Å². The molecule has 1 aromatic heterocycles. The van der Waals surface area contributed by atoms with Crippen LogP contribution in [0.4, 0.5) is 10.1 Å². The van der Waals surface area contributed by atoms with E-state index < -0.39 is 0 Å². The Hall–Kier alpha value is -2.53. The number of hydrogen-bond donors (Lipinski definition) is 3.